The monoisotopic (exact) mass is 304 g/mol. The van der Waals surface area contributed by atoms with Gasteiger partial charge in [0.05, 0.1) is 0 Å². The molecule has 1 aliphatic heterocycles. The zero-order valence-corrected chi connectivity index (χ0v) is 11.1. The highest BCUT2D eigenvalue weighted by Crippen LogP contribution is 2.25. The van der Waals surface area contributed by atoms with Gasteiger partial charge < -0.3 is 25.2 Å². The van der Waals surface area contributed by atoms with Gasteiger partial charge in [0.1, 0.15) is 12.3 Å². The number of hydrogen-bond acceptors (Lipinski definition) is 6. The highest BCUT2D eigenvalue weighted by Gasteiger charge is 2.15. The summed E-state index contributed by atoms with van der Waals surface area (Å²) in [6, 6.07) is 1.71. The Balaban J connectivity index is 0.000000286. The van der Waals surface area contributed by atoms with Gasteiger partial charge >= 0.3 is 11.9 Å². The van der Waals surface area contributed by atoms with Gasteiger partial charge in [0.15, 0.2) is 5.76 Å². The van der Waals surface area contributed by atoms with Crippen LogP contribution < -0.4 is 5.32 Å². The van der Waals surface area contributed by atoms with Gasteiger partial charge in [-0.05, 0) is 6.42 Å². The Morgan fingerprint density at radius 1 is 1.40 bits per heavy atom. The molecule has 0 saturated heterocycles. The zero-order valence-electron chi connectivity index (χ0n) is 10.3. The third kappa shape index (κ3) is 4.65. The lowest BCUT2D eigenvalue weighted by Crippen LogP contribution is -2.23. The lowest BCUT2D eigenvalue weighted by molar-refractivity contribution is -0.159. The number of aliphatic hydroxyl groups excluding tert-OH is 1. The van der Waals surface area contributed by atoms with Crippen LogP contribution in [-0.2, 0) is 16.2 Å². The van der Waals surface area contributed by atoms with Crippen LogP contribution in [-0.4, -0.2) is 45.5 Å². The van der Waals surface area contributed by atoms with Crippen LogP contribution in [0.25, 0.3) is 5.57 Å². The van der Waals surface area contributed by atoms with Crippen molar-refractivity contribution < 1.29 is 29.4 Å². The van der Waals surface area contributed by atoms with Gasteiger partial charge in [0, 0.05) is 29.8 Å². The molecule has 4 N–H and O–H groups in total. The SMILES string of the molecule is O=C(O)C(=O)O.OCc1cc(C2=C(Cl)CCNC2)no1. The second-order valence-electron chi connectivity index (χ2n) is 3.76. The van der Waals surface area contributed by atoms with E-state index in [-0.39, 0.29) is 6.61 Å². The molecule has 0 spiro atoms. The summed E-state index contributed by atoms with van der Waals surface area (Å²) in [5, 5.41) is 31.5. The van der Waals surface area contributed by atoms with Gasteiger partial charge in [0.2, 0.25) is 0 Å². The molecular formula is C11H13ClN2O6. The minimum absolute atomic E-state index is 0.134. The van der Waals surface area contributed by atoms with Gasteiger partial charge in [-0.3, -0.25) is 0 Å². The molecule has 9 heteroatoms. The van der Waals surface area contributed by atoms with Crippen molar-refractivity contribution in [3.8, 4) is 0 Å². The molecule has 1 aromatic heterocycles. The standard InChI is InChI=1S/C9H11ClN2O2.C2H2O4/c10-8-1-2-11-4-7(8)9-3-6(5-13)14-12-9;3-1(4)2(5)6/h3,11,13H,1-2,4-5H2;(H,3,4)(H,5,6). The van der Waals surface area contributed by atoms with E-state index >= 15 is 0 Å². The zero-order chi connectivity index (χ0) is 15.1. The molecular weight excluding hydrogens is 292 g/mol. The molecule has 0 atom stereocenters. The largest absolute Gasteiger partial charge is 0.473 e. The molecule has 0 aliphatic carbocycles. The molecule has 8 nitrogen and oxygen atoms in total. The number of hydrogen-bond donors (Lipinski definition) is 4. The van der Waals surface area contributed by atoms with E-state index in [1.165, 1.54) is 0 Å². The fourth-order valence-corrected chi connectivity index (χ4v) is 1.68. The topological polar surface area (TPSA) is 133 Å². The van der Waals surface area contributed by atoms with Gasteiger partial charge in [-0.15, -0.1) is 0 Å². The lowest BCUT2D eigenvalue weighted by atomic mass is 10.1. The van der Waals surface area contributed by atoms with E-state index in [2.05, 4.69) is 10.5 Å². The number of halogens is 1. The minimum atomic E-state index is -1.82. The normalized spacial score (nSPS) is 14.5. The molecule has 20 heavy (non-hydrogen) atoms. The van der Waals surface area contributed by atoms with Gasteiger partial charge in [-0.25, -0.2) is 9.59 Å². The van der Waals surface area contributed by atoms with E-state index in [4.69, 9.17) is 41.0 Å². The number of carbonyl (C=O) groups is 2. The van der Waals surface area contributed by atoms with Crippen LogP contribution in [0, 0.1) is 0 Å². The van der Waals surface area contributed by atoms with Crippen molar-refractivity contribution in [3.63, 3.8) is 0 Å². The molecule has 0 saturated carbocycles. The number of aromatic nitrogens is 1. The van der Waals surface area contributed by atoms with E-state index in [1.807, 2.05) is 0 Å². The third-order valence-electron chi connectivity index (χ3n) is 2.36. The number of aliphatic carboxylic acids is 2. The second-order valence-corrected chi connectivity index (χ2v) is 4.21. The smallest absolute Gasteiger partial charge is 0.414 e. The van der Waals surface area contributed by atoms with E-state index in [1.54, 1.807) is 6.07 Å². The summed E-state index contributed by atoms with van der Waals surface area (Å²) in [5.74, 6) is -3.19. The molecule has 1 aromatic rings. The Morgan fingerprint density at radius 2 is 2.05 bits per heavy atom. The maximum absolute atomic E-state index is 9.10. The summed E-state index contributed by atoms with van der Waals surface area (Å²) in [6.45, 7) is 1.47. The van der Waals surface area contributed by atoms with Crippen LogP contribution in [0.1, 0.15) is 17.9 Å². The summed E-state index contributed by atoms with van der Waals surface area (Å²) in [4.78, 5) is 18.2. The quantitative estimate of drug-likeness (QED) is 0.572. The molecule has 0 aromatic carbocycles. The first kappa shape index (κ1) is 16.2. The van der Waals surface area contributed by atoms with Crippen LogP contribution in [0.2, 0.25) is 0 Å². The van der Waals surface area contributed by atoms with Crippen LogP contribution in [0.15, 0.2) is 15.6 Å². The third-order valence-corrected chi connectivity index (χ3v) is 2.77. The Hall–Kier alpha value is -1.90. The maximum atomic E-state index is 9.10. The fraction of sp³-hybridized carbons (Fsp3) is 0.364. The summed E-state index contributed by atoms with van der Waals surface area (Å²) in [7, 11) is 0. The lowest BCUT2D eigenvalue weighted by Gasteiger charge is -2.14. The highest BCUT2D eigenvalue weighted by atomic mass is 35.5. The van der Waals surface area contributed by atoms with Crippen molar-refractivity contribution in [1.29, 1.82) is 0 Å². The van der Waals surface area contributed by atoms with Gasteiger partial charge in [0.25, 0.3) is 0 Å². The van der Waals surface area contributed by atoms with Crippen LogP contribution >= 0.6 is 11.6 Å². The Bertz CT molecular complexity index is 513. The van der Waals surface area contributed by atoms with Crippen molar-refractivity contribution >= 4 is 29.1 Å². The van der Waals surface area contributed by atoms with Crippen molar-refractivity contribution in [1.82, 2.24) is 10.5 Å². The molecule has 0 fully saturated rings. The molecule has 1 aliphatic rings. The Morgan fingerprint density at radius 3 is 2.50 bits per heavy atom. The number of nitrogens with zero attached hydrogens (tertiary/aromatic N) is 1. The number of aliphatic hydroxyl groups is 1. The van der Waals surface area contributed by atoms with Crippen LogP contribution in [0.3, 0.4) is 0 Å². The van der Waals surface area contributed by atoms with E-state index in [0.29, 0.717) is 18.0 Å². The van der Waals surface area contributed by atoms with Gasteiger partial charge in [-0.1, -0.05) is 16.8 Å². The maximum Gasteiger partial charge on any atom is 0.414 e. The fourth-order valence-electron chi connectivity index (χ4n) is 1.42. The number of nitrogens with one attached hydrogen (secondary N) is 1. The van der Waals surface area contributed by atoms with E-state index < -0.39 is 11.9 Å². The molecule has 0 amide bonds. The highest BCUT2D eigenvalue weighted by molar-refractivity contribution is 6.32. The Kier molecular flexibility index (Phi) is 6.16. The van der Waals surface area contributed by atoms with E-state index in [9.17, 15) is 0 Å². The first-order valence-electron chi connectivity index (χ1n) is 5.57. The van der Waals surface area contributed by atoms with E-state index in [0.717, 1.165) is 23.6 Å². The molecule has 0 radical (unpaired) electrons. The average molecular weight is 305 g/mol. The predicted molar refractivity (Wildman–Crippen MR) is 68.0 cm³/mol. The predicted octanol–water partition coefficient (Wildman–Crippen LogP) is 0.266. The number of carboxylic acids is 2. The summed E-state index contributed by atoms with van der Waals surface area (Å²) in [6.07, 6.45) is 0.818. The summed E-state index contributed by atoms with van der Waals surface area (Å²) < 4.78 is 4.89. The molecule has 2 rings (SSSR count). The van der Waals surface area contributed by atoms with Crippen LogP contribution in [0.4, 0.5) is 0 Å². The summed E-state index contributed by atoms with van der Waals surface area (Å²) in [5.41, 5.74) is 1.67. The van der Waals surface area contributed by atoms with Crippen molar-refractivity contribution in [2.75, 3.05) is 13.1 Å². The molecule has 110 valence electrons. The number of rotatable bonds is 2. The van der Waals surface area contributed by atoms with Crippen molar-refractivity contribution in [2.24, 2.45) is 0 Å². The minimum Gasteiger partial charge on any atom is -0.473 e. The average Bonchev–Trinajstić information content (AvgIpc) is 2.88. The van der Waals surface area contributed by atoms with Crippen molar-refractivity contribution in [3.05, 3.63) is 22.6 Å². The van der Waals surface area contributed by atoms with Gasteiger partial charge in [-0.2, -0.15) is 0 Å². The number of carboxylic acid groups (broad SMARTS) is 2. The second kappa shape index (κ2) is 7.63. The molecule has 0 bridgehead atoms. The van der Waals surface area contributed by atoms with Crippen molar-refractivity contribution in [2.45, 2.75) is 13.0 Å². The first-order valence-corrected chi connectivity index (χ1v) is 5.94. The summed E-state index contributed by atoms with van der Waals surface area (Å²) >= 11 is 6.07. The molecule has 2 heterocycles. The first-order chi connectivity index (χ1) is 9.45. The molecule has 0 unspecified atom stereocenters. The van der Waals surface area contributed by atoms with Crippen LogP contribution in [0.5, 0.6) is 0 Å². The Labute approximate surface area is 118 Å².